The molecule has 0 bridgehead atoms. The Morgan fingerprint density at radius 2 is 1.61 bits per heavy atom. The van der Waals surface area contributed by atoms with Gasteiger partial charge in [0, 0.05) is 5.57 Å². The Labute approximate surface area is 186 Å². The van der Waals surface area contributed by atoms with E-state index in [1.807, 2.05) is 33.8 Å². The van der Waals surface area contributed by atoms with E-state index in [-0.39, 0.29) is 16.7 Å². The van der Waals surface area contributed by atoms with Gasteiger partial charge in [0.25, 0.3) is 10.1 Å². The number of benzene rings is 1. The first-order valence-electron chi connectivity index (χ1n) is 11.3. The summed E-state index contributed by atoms with van der Waals surface area (Å²) in [5.74, 6) is 0.374. The minimum atomic E-state index is -4.38. The molecule has 2 aliphatic carbocycles. The standard InChI is InChI=1S/C25H34O5S/c1-16(2)21-15-24(31(27,28)29)22(17(3)4)14-23(21)30-25(26)20-12-10-19(11-13-20)18-8-6-5-7-9-18/h10,12,14-18H,5-9,11,13H2,1-4H3,(H,27,28,29). The first kappa shape index (κ1) is 23.7. The molecule has 1 N–H and O–H groups in total. The second-order valence-corrected chi connectivity index (χ2v) is 10.8. The van der Waals surface area contributed by atoms with Gasteiger partial charge in [0.1, 0.15) is 5.75 Å². The van der Waals surface area contributed by atoms with Crippen LogP contribution in [0.4, 0.5) is 0 Å². The van der Waals surface area contributed by atoms with E-state index in [0.717, 1.165) is 6.42 Å². The molecule has 1 aromatic carbocycles. The Bertz CT molecular complexity index is 993. The monoisotopic (exact) mass is 446 g/mol. The van der Waals surface area contributed by atoms with Crippen molar-refractivity contribution in [2.75, 3.05) is 0 Å². The van der Waals surface area contributed by atoms with Gasteiger partial charge in [-0.15, -0.1) is 0 Å². The number of rotatable bonds is 6. The maximum absolute atomic E-state index is 12.9. The zero-order chi connectivity index (χ0) is 22.8. The fraction of sp³-hybridized carbons (Fsp3) is 0.560. The van der Waals surface area contributed by atoms with Crippen LogP contribution in [0, 0.1) is 5.92 Å². The maximum atomic E-state index is 12.9. The molecule has 0 saturated heterocycles. The highest BCUT2D eigenvalue weighted by Crippen LogP contribution is 2.37. The fourth-order valence-electron chi connectivity index (χ4n) is 4.61. The van der Waals surface area contributed by atoms with Crippen LogP contribution >= 0.6 is 0 Å². The first-order chi connectivity index (χ1) is 14.6. The number of carbonyl (C=O) groups excluding carboxylic acids is 1. The molecule has 0 radical (unpaired) electrons. The highest BCUT2D eigenvalue weighted by atomic mass is 32.2. The molecule has 2 aliphatic rings. The van der Waals surface area contributed by atoms with Gasteiger partial charge in [0.2, 0.25) is 0 Å². The van der Waals surface area contributed by atoms with Crippen molar-refractivity contribution in [2.45, 2.75) is 89.4 Å². The zero-order valence-electron chi connectivity index (χ0n) is 19.0. The lowest BCUT2D eigenvalue weighted by Crippen LogP contribution is -2.17. The van der Waals surface area contributed by atoms with Crippen LogP contribution in [0.15, 0.2) is 40.3 Å². The zero-order valence-corrected chi connectivity index (χ0v) is 19.8. The van der Waals surface area contributed by atoms with E-state index in [2.05, 4.69) is 6.08 Å². The predicted molar refractivity (Wildman–Crippen MR) is 122 cm³/mol. The van der Waals surface area contributed by atoms with E-state index in [0.29, 0.717) is 34.8 Å². The molecule has 0 heterocycles. The summed E-state index contributed by atoms with van der Waals surface area (Å²) in [6.45, 7) is 7.47. The Morgan fingerprint density at radius 3 is 2.13 bits per heavy atom. The number of ether oxygens (including phenoxy) is 1. The lowest BCUT2D eigenvalue weighted by molar-refractivity contribution is -0.130. The summed E-state index contributed by atoms with van der Waals surface area (Å²) in [6, 6.07) is 3.03. The lowest BCUT2D eigenvalue weighted by atomic mass is 9.80. The third kappa shape index (κ3) is 5.66. The minimum absolute atomic E-state index is 0.0809. The van der Waals surface area contributed by atoms with Gasteiger partial charge in [0.05, 0.1) is 4.90 Å². The number of esters is 1. The van der Waals surface area contributed by atoms with E-state index >= 15 is 0 Å². The van der Waals surface area contributed by atoms with Gasteiger partial charge in [-0.1, -0.05) is 64.7 Å². The summed E-state index contributed by atoms with van der Waals surface area (Å²) in [6.07, 6.45) is 11.9. The van der Waals surface area contributed by atoms with Gasteiger partial charge < -0.3 is 4.74 Å². The molecule has 0 aliphatic heterocycles. The minimum Gasteiger partial charge on any atom is -0.423 e. The smallest absolute Gasteiger partial charge is 0.339 e. The summed E-state index contributed by atoms with van der Waals surface area (Å²) < 4.78 is 39.3. The second kappa shape index (κ2) is 9.70. The van der Waals surface area contributed by atoms with Crippen molar-refractivity contribution in [3.8, 4) is 5.75 Å². The van der Waals surface area contributed by atoms with E-state index in [1.165, 1.54) is 43.7 Å². The molecule has 170 valence electrons. The molecular formula is C25H34O5S. The van der Waals surface area contributed by atoms with Gasteiger partial charge >= 0.3 is 5.97 Å². The predicted octanol–water partition coefficient (Wildman–Crippen LogP) is 6.31. The molecule has 31 heavy (non-hydrogen) atoms. The van der Waals surface area contributed by atoms with Crippen LogP contribution in [-0.4, -0.2) is 18.9 Å². The van der Waals surface area contributed by atoms with Crippen molar-refractivity contribution >= 4 is 16.1 Å². The summed E-state index contributed by atoms with van der Waals surface area (Å²) in [5.41, 5.74) is 3.10. The van der Waals surface area contributed by atoms with Gasteiger partial charge in [-0.25, -0.2) is 4.79 Å². The molecule has 0 unspecified atom stereocenters. The van der Waals surface area contributed by atoms with Crippen molar-refractivity contribution in [3.63, 3.8) is 0 Å². The molecular weight excluding hydrogens is 412 g/mol. The molecule has 5 nitrogen and oxygen atoms in total. The average Bonchev–Trinajstić information content (AvgIpc) is 2.73. The molecule has 1 fully saturated rings. The van der Waals surface area contributed by atoms with Crippen LogP contribution in [0.3, 0.4) is 0 Å². The van der Waals surface area contributed by atoms with Crippen molar-refractivity contribution in [1.82, 2.24) is 0 Å². The highest BCUT2D eigenvalue weighted by Gasteiger charge is 2.26. The molecule has 1 aromatic rings. The topological polar surface area (TPSA) is 80.7 Å². The van der Waals surface area contributed by atoms with Gasteiger partial charge in [-0.3, -0.25) is 4.55 Å². The normalized spacial score (nSPS) is 18.2. The third-order valence-corrected chi connectivity index (χ3v) is 7.35. The fourth-order valence-corrected chi connectivity index (χ4v) is 5.48. The van der Waals surface area contributed by atoms with Crippen LogP contribution < -0.4 is 4.74 Å². The Balaban J connectivity index is 1.87. The highest BCUT2D eigenvalue weighted by molar-refractivity contribution is 7.85. The van der Waals surface area contributed by atoms with E-state index in [9.17, 15) is 17.8 Å². The van der Waals surface area contributed by atoms with Crippen molar-refractivity contribution in [3.05, 3.63) is 46.6 Å². The van der Waals surface area contributed by atoms with E-state index in [1.54, 1.807) is 6.07 Å². The van der Waals surface area contributed by atoms with E-state index in [4.69, 9.17) is 4.74 Å². The first-order valence-corrected chi connectivity index (χ1v) is 12.8. The van der Waals surface area contributed by atoms with Crippen LogP contribution in [0.25, 0.3) is 0 Å². The largest absolute Gasteiger partial charge is 0.423 e. The van der Waals surface area contributed by atoms with Crippen LogP contribution in [0.1, 0.15) is 95.6 Å². The SMILES string of the molecule is CC(C)c1cc(S(=O)(=O)O)c(C(C)C)cc1OC(=O)C1=CC=C(C2CCCCC2)CC1. The number of allylic oxidation sites excluding steroid dienone is 3. The Hall–Kier alpha value is -1.92. The van der Waals surface area contributed by atoms with Crippen molar-refractivity contribution < 1.29 is 22.5 Å². The van der Waals surface area contributed by atoms with Crippen LogP contribution in [0.5, 0.6) is 5.75 Å². The number of hydrogen-bond acceptors (Lipinski definition) is 4. The molecule has 0 amide bonds. The summed E-state index contributed by atoms with van der Waals surface area (Å²) in [4.78, 5) is 12.8. The number of carbonyl (C=O) groups is 1. The Morgan fingerprint density at radius 1 is 0.968 bits per heavy atom. The summed E-state index contributed by atoms with van der Waals surface area (Å²) in [5, 5.41) is 0. The average molecular weight is 447 g/mol. The molecule has 1 saturated carbocycles. The number of hydrogen-bond donors (Lipinski definition) is 1. The maximum Gasteiger partial charge on any atom is 0.339 e. The van der Waals surface area contributed by atoms with Gasteiger partial charge in [-0.05, 0) is 66.7 Å². The van der Waals surface area contributed by atoms with Gasteiger partial charge in [-0.2, -0.15) is 8.42 Å². The van der Waals surface area contributed by atoms with Crippen molar-refractivity contribution in [2.24, 2.45) is 5.92 Å². The molecule has 0 spiro atoms. The quantitative estimate of drug-likeness (QED) is 0.314. The van der Waals surface area contributed by atoms with Gasteiger partial charge in [0.15, 0.2) is 0 Å². The molecule has 0 aromatic heterocycles. The Kier molecular flexibility index (Phi) is 7.43. The van der Waals surface area contributed by atoms with Crippen LogP contribution in [0.2, 0.25) is 0 Å². The lowest BCUT2D eigenvalue weighted by Gasteiger charge is -2.26. The van der Waals surface area contributed by atoms with Crippen molar-refractivity contribution in [1.29, 1.82) is 0 Å². The second-order valence-electron chi connectivity index (χ2n) is 9.37. The molecule has 6 heteroatoms. The third-order valence-electron chi connectivity index (χ3n) is 6.44. The summed E-state index contributed by atoms with van der Waals surface area (Å²) in [7, 11) is -4.38. The van der Waals surface area contributed by atoms with Crippen LogP contribution in [-0.2, 0) is 14.9 Å². The van der Waals surface area contributed by atoms with E-state index < -0.39 is 16.1 Å². The summed E-state index contributed by atoms with van der Waals surface area (Å²) >= 11 is 0. The molecule has 0 atom stereocenters. The molecule has 3 rings (SSSR count).